The molecular formula is C15H18INO2. The van der Waals surface area contributed by atoms with E-state index in [1.165, 1.54) is 31.7 Å². The van der Waals surface area contributed by atoms with Crippen molar-refractivity contribution in [3.63, 3.8) is 0 Å². The van der Waals surface area contributed by atoms with Crippen LogP contribution in [0.15, 0.2) is 18.2 Å². The Balaban J connectivity index is 1.57. The van der Waals surface area contributed by atoms with Gasteiger partial charge in [0.25, 0.3) is 5.91 Å². The molecule has 3 nitrogen and oxygen atoms in total. The molecule has 2 N–H and O–H groups in total. The maximum absolute atomic E-state index is 12.0. The minimum absolute atomic E-state index is 0.0746. The zero-order chi connectivity index (χ0) is 13.4. The Hall–Kier alpha value is -0.780. The Kier molecular flexibility index (Phi) is 3.69. The van der Waals surface area contributed by atoms with Gasteiger partial charge in [-0.15, -0.1) is 0 Å². The SMILES string of the molecule is O=C(NCC1CC2CCC1C2)c1ccc(I)c(O)c1. The first-order valence-corrected chi connectivity index (χ1v) is 7.98. The lowest BCUT2D eigenvalue weighted by Crippen LogP contribution is -2.31. The highest BCUT2D eigenvalue weighted by Crippen LogP contribution is 2.47. The molecule has 0 aromatic heterocycles. The van der Waals surface area contributed by atoms with E-state index in [4.69, 9.17) is 0 Å². The zero-order valence-electron chi connectivity index (χ0n) is 10.7. The standard InChI is InChI=1S/C15H18INO2/c16-13-4-3-11(7-14(13)18)15(19)17-8-12-6-9-1-2-10(12)5-9/h3-4,7,9-10,12,18H,1-2,5-6,8H2,(H,17,19). The molecule has 2 bridgehead atoms. The Labute approximate surface area is 126 Å². The molecule has 0 radical (unpaired) electrons. The molecule has 0 heterocycles. The molecule has 1 aromatic carbocycles. The van der Waals surface area contributed by atoms with E-state index in [0.29, 0.717) is 11.5 Å². The summed E-state index contributed by atoms with van der Waals surface area (Å²) in [6, 6.07) is 5.07. The number of phenols is 1. The number of benzene rings is 1. The first kappa shape index (κ1) is 13.2. The molecule has 4 heteroatoms. The van der Waals surface area contributed by atoms with E-state index < -0.39 is 0 Å². The highest BCUT2D eigenvalue weighted by atomic mass is 127. The molecule has 0 spiro atoms. The number of phenolic OH excluding ortho intramolecular Hbond substituents is 1. The third kappa shape index (κ3) is 2.73. The number of hydrogen-bond donors (Lipinski definition) is 2. The second kappa shape index (κ2) is 5.31. The first-order valence-electron chi connectivity index (χ1n) is 6.90. The van der Waals surface area contributed by atoms with Crippen molar-refractivity contribution in [1.29, 1.82) is 0 Å². The molecule has 0 saturated heterocycles. The van der Waals surface area contributed by atoms with Crippen molar-refractivity contribution in [2.45, 2.75) is 25.7 Å². The predicted molar refractivity (Wildman–Crippen MR) is 82.1 cm³/mol. The van der Waals surface area contributed by atoms with Crippen molar-refractivity contribution >= 4 is 28.5 Å². The molecule has 2 saturated carbocycles. The second-order valence-corrected chi connectivity index (χ2v) is 6.97. The molecule has 3 rings (SSSR count). The van der Waals surface area contributed by atoms with Crippen LogP contribution in [0.1, 0.15) is 36.0 Å². The summed E-state index contributed by atoms with van der Waals surface area (Å²) >= 11 is 2.05. The number of carbonyl (C=O) groups excluding carboxylic acids is 1. The molecule has 2 aliphatic rings. The number of halogens is 1. The lowest BCUT2D eigenvalue weighted by molar-refractivity contribution is 0.0941. The van der Waals surface area contributed by atoms with Gasteiger partial charge in [-0.25, -0.2) is 0 Å². The van der Waals surface area contributed by atoms with Crippen molar-refractivity contribution < 1.29 is 9.90 Å². The molecule has 2 aliphatic carbocycles. The lowest BCUT2D eigenvalue weighted by Gasteiger charge is -2.21. The van der Waals surface area contributed by atoms with E-state index >= 15 is 0 Å². The van der Waals surface area contributed by atoms with Crippen LogP contribution in [0.5, 0.6) is 5.75 Å². The molecule has 0 aliphatic heterocycles. The average molecular weight is 371 g/mol. The van der Waals surface area contributed by atoms with Gasteiger partial charge in [0.2, 0.25) is 0 Å². The number of nitrogens with one attached hydrogen (secondary N) is 1. The van der Waals surface area contributed by atoms with Crippen LogP contribution < -0.4 is 5.32 Å². The molecule has 19 heavy (non-hydrogen) atoms. The minimum atomic E-state index is -0.0746. The summed E-state index contributed by atoms with van der Waals surface area (Å²) in [5, 5.41) is 12.6. The van der Waals surface area contributed by atoms with Crippen LogP contribution in [0.2, 0.25) is 0 Å². The van der Waals surface area contributed by atoms with E-state index in [-0.39, 0.29) is 11.7 Å². The maximum atomic E-state index is 12.0. The number of carbonyl (C=O) groups is 1. The van der Waals surface area contributed by atoms with Gasteiger partial charge in [-0.3, -0.25) is 4.79 Å². The number of amides is 1. The summed E-state index contributed by atoms with van der Waals surface area (Å²) in [5.74, 6) is 2.51. The fourth-order valence-corrected chi connectivity index (χ4v) is 3.94. The zero-order valence-corrected chi connectivity index (χ0v) is 12.9. The summed E-state index contributed by atoms with van der Waals surface area (Å²) in [6.45, 7) is 0.784. The number of fused-ring (bicyclic) bond motifs is 2. The van der Waals surface area contributed by atoms with Crippen LogP contribution in [-0.4, -0.2) is 17.6 Å². The van der Waals surface area contributed by atoms with E-state index in [2.05, 4.69) is 5.32 Å². The highest BCUT2D eigenvalue weighted by molar-refractivity contribution is 14.1. The Morgan fingerprint density at radius 1 is 1.37 bits per heavy atom. The number of aromatic hydroxyl groups is 1. The van der Waals surface area contributed by atoms with Gasteiger partial charge < -0.3 is 10.4 Å². The van der Waals surface area contributed by atoms with Crippen LogP contribution in [0.25, 0.3) is 0 Å². The fraction of sp³-hybridized carbons (Fsp3) is 0.533. The van der Waals surface area contributed by atoms with Crippen LogP contribution in [0, 0.1) is 21.3 Å². The van der Waals surface area contributed by atoms with Gasteiger partial charge in [-0.05, 0) is 77.8 Å². The number of hydrogen-bond acceptors (Lipinski definition) is 2. The van der Waals surface area contributed by atoms with Crippen LogP contribution in [0.4, 0.5) is 0 Å². The average Bonchev–Trinajstić information content (AvgIpc) is 3.01. The van der Waals surface area contributed by atoms with E-state index in [1.54, 1.807) is 12.1 Å². The lowest BCUT2D eigenvalue weighted by atomic mass is 9.89. The quantitative estimate of drug-likeness (QED) is 0.802. The van der Waals surface area contributed by atoms with Gasteiger partial charge in [0.1, 0.15) is 5.75 Å². The summed E-state index contributed by atoms with van der Waals surface area (Å²) in [6.07, 6.45) is 5.38. The van der Waals surface area contributed by atoms with Gasteiger partial charge in [0.05, 0.1) is 3.57 Å². The Morgan fingerprint density at radius 2 is 2.21 bits per heavy atom. The molecule has 2 fully saturated rings. The van der Waals surface area contributed by atoms with Crippen LogP contribution in [0.3, 0.4) is 0 Å². The van der Waals surface area contributed by atoms with Crippen LogP contribution in [-0.2, 0) is 0 Å². The largest absolute Gasteiger partial charge is 0.507 e. The van der Waals surface area contributed by atoms with Crippen molar-refractivity contribution in [1.82, 2.24) is 5.32 Å². The summed E-state index contributed by atoms with van der Waals surface area (Å²) in [5.41, 5.74) is 0.543. The topological polar surface area (TPSA) is 49.3 Å². The molecular weight excluding hydrogens is 353 g/mol. The summed E-state index contributed by atoms with van der Waals surface area (Å²) < 4.78 is 0.766. The third-order valence-electron chi connectivity index (χ3n) is 4.62. The highest BCUT2D eigenvalue weighted by Gasteiger charge is 2.39. The fourth-order valence-electron chi connectivity index (χ4n) is 3.61. The summed E-state index contributed by atoms with van der Waals surface area (Å²) in [7, 11) is 0. The van der Waals surface area contributed by atoms with Gasteiger partial charge in [0.15, 0.2) is 0 Å². The van der Waals surface area contributed by atoms with Crippen molar-refractivity contribution in [2.75, 3.05) is 6.54 Å². The molecule has 3 unspecified atom stereocenters. The second-order valence-electron chi connectivity index (χ2n) is 5.81. The maximum Gasteiger partial charge on any atom is 0.251 e. The van der Waals surface area contributed by atoms with Gasteiger partial charge >= 0.3 is 0 Å². The van der Waals surface area contributed by atoms with Gasteiger partial charge in [-0.1, -0.05) is 6.42 Å². The van der Waals surface area contributed by atoms with Crippen molar-refractivity contribution in [3.05, 3.63) is 27.3 Å². The first-order chi connectivity index (χ1) is 9.13. The third-order valence-corrected chi connectivity index (χ3v) is 5.53. The molecule has 1 amide bonds. The molecule has 3 atom stereocenters. The van der Waals surface area contributed by atoms with Gasteiger partial charge in [0, 0.05) is 12.1 Å². The van der Waals surface area contributed by atoms with E-state index in [9.17, 15) is 9.90 Å². The number of rotatable bonds is 3. The monoisotopic (exact) mass is 371 g/mol. The Morgan fingerprint density at radius 3 is 2.84 bits per heavy atom. The van der Waals surface area contributed by atoms with Crippen LogP contribution >= 0.6 is 22.6 Å². The smallest absolute Gasteiger partial charge is 0.251 e. The Bertz CT molecular complexity index is 503. The molecule has 102 valence electrons. The normalized spacial score (nSPS) is 28.6. The van der Waals surface area contributed by atoms with Crippen molar-refractivity contribution in [2.24, 2.45) is 17.8 Å². The van der Waals surface area contributed by atoms with Gasteiger partial charge in [-0.2, -0.15) is 0 Å². The minimum Gasteiger partial charge on any atom is -0.507 e. The van der Waals surface area contributed by atoms with E-state index in [0.717, 1.165) is 22.0 Å². The van der Waals surface area contributed by atoms with Crippen molar-refractivity contribution in [3.8, 4) is 5.75 Å². The van der Waals surface area contributed by atoms with E-state index in [1.807, 2.05) is 22.6 Å². The predicted octanol–water partition coefficient (Wildman–Crippen LogP) is 3.16. The molecule has 1 aromatic rings. The summed E-state index contributed by atoms with van der Waals surface area (Å²) in [4.78, 5) is 12.0.